The molecular formula is C14H18CuO. The summed E-state index contributed by atoms with van der Waals surface area (Å²) in [7, 11) is 0. The van der Waals surface area contributed by atoms with E-state index in [4.69, 9.17) is 5.11 Å². The third-order valence-corrected chi connectivity index (χ3v) is 2.17. The first-order chi connectivity index (χ1) is 7.38. The minimum Gasteiger partial charge on any atom is -0.396 e. The van der Waals surface area contributed by atoms with E-state index in [1.165, 1.54) is 10.8 Å². The summed E-state index contributed by atoms with van der Waals surface area (Å²) in [6.45, 7) is 2.40. The Morgan fingerprint density at radius 2 is 1.25 bits per heavy atom. The van der Waals surface area contributed by atoms with Gasteiger partial charge in [-0.3, -0.25) is 0 Å². The molecule has 2 rings (SSSR count). The van der Waals surface area contributed by atoms with Crippen molar-refractivity contribution >= 4 is 10.8 Å². The van der Waals surface area contributed by atoms with Crippen molar-refractivity contribution in [2.75, 3.05) is 6.61 Å². The fourth-order valence-corrected chi connectivity index (χ4v) is 1.29. The smallest absolute Gasteiger partial charge is 0.0430 e. The monoisotopic (exact) mass is 265 g/mol. The van der Waals surface area contributed by atoms with Crippen molar-refractivity contribution in [1.82, 2.24) is 0 Å². The Balaban J connectivity index is 0.000000330. The first-order valence-electron chi connectivity index (χ1n) is 5.43. The molecule has 0 aliphatic carbocycles. The largest absolute Gasteiger partial charge is 0.396 e. The van der Waals surface area contributed by atoms with E-state index < -0.39 is 0 Å². The molecule has 2 heteroatoms. The molecule has 0 bridgehead atoms. The SMILES string of the molecule is CCCCO.[Cu].c1ccc2ccccc2c1. The van der Waals surface area contributed by atoms with Crippen molar-refractivity contribution in [3.8, 4) is 0 Å². The van der Waals surface area contributed by atoms with E-state index >= 15 is 0 Å². The van der Waals surface area contributed by atoms with Crippen LogP contribution in [0, 0.1) is 0 Å². The third kappa shape index (κ3) is 5.31. The van der Waals surface area contributed by atoms with Crippen LogP contribution in [-0.2, 0) is 17.1 Å². The molecule has 0 aromatic heterocycles. The maximum Gasteiger partial charge on any atom is 0.0430 e. The van der Waals surface area contributed by atoms with Gasteiger partial charge in [-0.15, -0.1) is 0 Å². The summed E-state index contributed by atoms with van der Waals surface area (Å²) < 4.78 is 0. The Morgan fingerprint density at radius 1 is 0.875 bits per heavy atom. The van der Waals surface area contributed by atoms with Crippen LogP contribution < -0.4 is 0 Å². The van der Waals surface area contributed by atoms with E-state index in [1.54, 1.807) is 0 Å². The second-order valence-corrected chi connectivity index (χ2v) is 3.42. The average Bonchev–Trinajstić information content (AvgIpc) is 2.31. The van der Waals surface area contributed by atoms with Gasteiger partial charge in [0.2, 0.25) is 0 Å². The number of rotatable bonds is 2. The van der Waals surface area contributed by atoms with Crippen LogP contribution in [0.4, 0.5) is 0 Å². The average molecular weight is 266 g/mol. The molecule has 0 fully saturated rings. The van der Waals surface area contributed by atoms with Crippen LogP contribution in [-0.4, -0.2) is 11.7 Å². The standard InChI is InChI=1S/C10H8.C4H10O.Cu/c1-2-6-10-8-4-3-7-9(10)5-1;1-2-3-4-5;/h1-8H;5H,2-4H2,1H3;. The molecule has 0 aliphatic heterocycles. The molecule has 0 amide bonds. The topological polar surface area (TPSA) is 20.2 Å². The van der Waals surface area contributed by atoms with Gasteiger partial charge in [0.05, 0.1) is 0 Å². The predicted molar refractivity (Wildman–Crippen MR) is 65.9 cm³/mol. The third-order valence-electron chi connectivity index (χ3n) is 2.17. The zero-order chi connectivity index (χ0) is 10.9. The Morgan fingerprint density at radius 3 is 1.44 bits per heavy atom. The number of hydrogen-bond acceptors (Lipinski definition) is 1. The van der Waals surface area contributed by atoms with Gasteiger partial charge >= 0.3 is 0 Å². The molecule has 0 aliphatic rings. The van der Waals surface area contributed by atoms with Gasteiger partial charge in [-0.25, -0.2) is 0 Å². The van der Waals surface area contributed by atoms with E-state index in [1.807, 2.05) is 0 Å². The minimum atomic E-state index is 0. The van der Waals surface area contributed by atoms with Crippen LogP contribution in [0.1, 0.15) is 19.8 Å². The molecule has 0 spiro atoms. The Hall–Kier alpha value is -0.821. The molecule has 91 valence electrons. The second-order valence-electron chi connectivity index (χ2n) is 3.42. The normalized spacial score (nSPS) is 8.88. The molecule has 16 heavy (non-hydrogen) atoms. The molecular weight excluding hydrogens is 248 g/mol. The van der Waals surface area contributed by atoms with Crippen molar-refractivity contribution in [3.63, 3.8) is 0 Å². The molecule has 0 unspecified atom stereocenters. The number of benzene rings is 2. The summed E-state index contributed by atoms with van der Waals surface area (Å²) in [5.41, 5.74) is 0. The van der Waals surface area contributed by atoms with Crippen LogP contribution in [0.2, 0.25) is 0 Å². The number of aliphatic hydroxyl groups is 1. The fraction of sp³-hybridized carbons (Fsp3) is 0.286. The summed E-state index contributed by atoms with van der Waals surface area (Å²) in [6, 6.07) is 16.7. The van der Waals surface area contributed by atoms with E-state index in [9.17, 15) is 0 Å². The number of hydrogen-bond donors (Lipinski definition) is 1. The summed E-state index contributed by atoms with van der Waals surface area (Å²) in [6.07, 6.45) is 2.04. The van der Waals surface area contributed by atoms with Gasteiger partial charge in [0, 0.05) is 23.7 Å². The first kappa shape index (κ1) is 15.2. The summed E-state index contributed by atoms with van der Waals surface area (Å²) in [5.74, 6) is 0. The van der Waals surface area contributed by atoms with Crippen molar-refractivity contribution in [2.24, 2.45) is 0 Å². The van der Waals surface area contributed by atoms with Crippen LogP contribution in [0.25, 0.3) is 10.8 Å². The maximum atomic E-state index is 8.07. The molecule has 0 heterocycles. The number of fused-ring (bicyclic) bond motifs is 1. The zero-order valence-corrected chi connectivity index (χ0v) is 10.4. The van der Waals surface area contributed by atoms with Crippen LogP contribution in [0.5, 0.6) is 0 Å². The van der Waals surface area contributed by atoms with Gasteiger partial charge < -0.3 is 5.11 Å². The van der Waals surface area contributed by atoms with Crippen LogP contribution in [0.15, 0.2) is 48.5 Å². The Kier molecular flexibility index (Phi) is 8.93. The maximum absolute atomic E-state index is 8.07. The summed E-state index contributed by atoms with van der Waals surface area (Å²) >= 11 is 0. The molecule has 0 saturated carbocycles. The summed E-state index contributed by atoms with van der Waals surface area (Å²) in [4.78, 5) is 0. The minimum absolute atomic E-state index is 0. The van der Waals surface area contributed by atoms with Gasteiger partial charge in [-0.1, -0.05) is 61.9 Å². The quantitative estimate of drug-likeness (QED) is 0.823. The number of unbranched alkanes of at least 4 members (excludes halogenated alkanes) is 1. The van der Waals surface area contributed by atoms with Crippen LogP contribution in [0.3, 0.4) is 0 Å². The van der Waals surface area contributed by atoms with Gasteiger partial charge in [-0.05, 0) is 17.2 Å². The molecule has 2 aromatic rings. The van der Waals surface area contributed by atoms with Gasteiger partial charge in [0.25, 0.3) is 0 Å². The van der Waals surface area contributed by atoms with Crippen molar-refractivity contribution in [3.05, 3.63) is 48.5 Å². The van der Waals surface area contributed by atoms with E-state index in [0.29, 0.717) is 6.61 Å². The number of aliphatic hydroxyl groups excluding tert-OH is 1. The van der Waals surface area contributed by atoms with Gasteiger partial charge in [-0.2, -0.15) is 0 Å². The molecule has 1 radical (unpaired) electrons. The predicted octanol–water partition coefficient (Wildman–Crippen LogP) is 3.62. The molecule has 1 N–H and O–H groups in total. The van der Waals surface area contributed by atoms with E-state index in [2.05, 4.69) is 55.5 Å². The van der Waals surface area contributed by atoms with E-state index in [0.717, 1.165) is 12.8 Å². The molecule has 0 atom stereocenters. The van der Waals surface area contributed by atoms with Crippen molar-refractivity contribution < 1.29 is 22.2 Å². The van der Waals surface area contributed by atoms with Crippen LogP contribution >= 0.6 is 0 Å². The molecule has 2 aromatic carbocycles. The Labute approximate surface area is 108 Å². The van der Waals surface area contributed by atoms with E-state index in [-0.39, 0.29) is 17.1 Å². The van der Waals surface area contributed by atoms with Crippen molar-refractivity contribution in [2.45, 2.75) is 19.8 Å². The van der Waals surface area contributed by atoms with Crippen molar-refractivity contribution in [1.29, 1.82) is 0 Å². The summed E-state index contributed by atoms with van der Waals surface area (Å²) in [5, 5.41) is 10.7. The fourth-order valence-electron chi connectivity index (χ4n) is 1.29. The first-order valence-corrected chi connectivity index (χ1v) is 5.43. The molecule has 1 nitrogen and oxygen atoms in total. The van der Waals surface area contributed by atoms with Gasteiger partial charge in [0.15, 0.2) is 0 Å². The Bertz CT molecular complexity index is 320. The zero-order valence-electron chi connectivity index (χ0n) is 9.49. The second kappa shape index (κ2) is 9.41. The molecule has 0 saturated heterocycles. The van der Waals surface area contributed by atoms with Gasteiger partial charge in [0.1, 0.15) is 0 Å².